The Morgan fingerprint density at radius 1 is 1.19 bits per heavy atom. The minimum absolute atomic E-state index is 0.0806. The van der Waals surface area contributed by atoms with Crippen LogP contribution in [0.5, 0.6) is 11.5 Å². The van der Waals surface area contributed by atoms with Gasteiger partial charge in [-0.05, 0) is 38.9 Å². The van der Waals surface area contributed by atoms with Crippen LogP contribution in [0.4, 0.5) is 0 Å². The van der Waals surface area contributed by atoms with E-state index in [1.807, 2.05) is 48.0 Å². The fourth-order valence-corrected chi connectivity index (χ4v) is 3.08. The van der Waals surface area contributed by atoms with Crippen LogP contribution >= 0.6 is 0 Å². The predicted octanol–water partition coefficient (Wildman–Crippen LogP) is 1.81. The van der Waals surface area contributed by atoms with Crippen LogP contribution in [0.25, 0.3) is 0 Å². The number of amides is 1. The highest BCUT2D eigenvalue weighted by molar-refractivity contribution is 5.79. The lowest BCUT2D eigenvalue weighted by Crippen LogP contribution is -2.45. The molecule has 1 aromatic carbocycles. The number of carbonyl (C=O) groups excluding carboxylic acids is 2. The SMILES string of the molecule is CCOC(=O)C1CCN(C(=O)CN(C)CCOc2ccccc2OC)CC1. The Hall–Kier alpha value is -2.28. The smallest absolute Gasteiger partial charge is 0.309 e. The zero-order valence-electron chi connectivity index (χ0n) is 16.5. The highest BCUT2D eigenvalue weighted by Gasteiger charge is 2.28. The standard InChI is InChI=1S/C20H30N2O5/c1-4-26-20(24)16-9-11-22(12-10-16)19(23)15-21(2)13-14-27-18-8-6-5-7-17(18)25-3/h5-8,16H,4,9-15H2,1-3H3. The zero-order valence-corrected chi connectivity index (χ0v) is 16.5. The molecule has 1 saturated heterocycles. The summed E-state index contributed by atoms with van der Waals surface area (Å²) in [6.07, 6.45) is 1.34. The summed E-state index contributed by atoms with van der Waals surface area (Å²) in [7, 11) is 3.51. The molecular formula is C20H30N2O5. The molecule has 0 aliphatic carbocycles. The van der Waals surface area contributed by atoms with Gasteiger partial charge in [-0.3, -0.25) is 14.5 Å². The molecule has 1 amide bonds. The lowest BCUT2D eigenvalue weighted by molar-refractivity contribution is -0.151. The zero-order chi connectivity index (χ0) is 19.6. The van der Waals surface area contributed by atoms with Gasteiger partial charge in [0.1, 0.15) is 6.61 Å². The molecule has 0 N–H and O–H groups in total. The number of carbonyl (C=O) groups is 2. The number of hydrogen-bond donors (Lipinski definition) is 0. The molecular weight excluding hydrogens is 348 g/mol. The summed E-state index contributed by atoms with van der Waals surface area (Å²) in [5.74, 6) is 1.25. The van der Waals surface area contributed by atoms with Gasteiger partial charge in [-0.1, -0.05) is 12.1 Å². The van der Waals surface area contributed by atoms with E-state index in [-0.39, 0.29) is 17.8 Å². The second-order valence-corrected chi connectivity index (χ2v) is 6.64. The number of ether oxygens (including phenoxy) is 3. The largest absolute Gasteiger partial charge is 0.493 e. The van der Waals surface area contributed by atoms with Gasteiger partial charge in [0, 0.05) is 19.6 Å². The van der Waals surface area contributed by atoms with Crippen molar-refractivity contribution in [3.63, 3.8) is 0 Å². The van der Waals surface area contributed by atoms with Crippen molar-refractivity contribution in [3.05, 3.63) is 24.3 Å². The Morgan fingerprint density at radius 3 is 2.48 bits per heavy atom. The molecule has 27 heavy (non-hydrogen) atoms. The van der Waals surface area contributed by atoms with Gasteiger partial charge in [0.15, 0.2) is 11.5 Å². The lowest BCUT2D eigenvalue weighted by atomic mass is 9.97. The number of piperidine rings is 1. The highest BCUT2D eigenvalue weighted by atomic mass is 16.5. The molecule has 7 heteroatoms. The number of esters is 1. The number of nitrogens with zero attached hydrogens (tertiary/aromatic N) is 2. The number of para-hydroxylation sites is 2. The van der Waals surface area contributed by atoms with Crippen LogP contribution in [0.1, 0.15) is 19.8 Å². The third-order valence-corrected chi connectivity index (χ3v) is 4.67. The van der Waals surface area contributed by atoms with Gasteiger partial charge in [0.25, 0.3) is 0 Å². The summed E-state index contributed by atoms with van der Waals surface area (Å²) in [5, 5.41) is 0. The van der Waals surface area contributed by atoms with Crippen molar-refractivity contribution in [3.8, 4) is 11.5 Å². The van der Waals surface area contributed by atoms with Gasteiger partial charge >= 0.3 is 5.97 Å². The van der Waals surface area contributed by atoms with Crippen LogP contribution in [-0.2, 0) is 14.3 Å². The minimum Gasteiger partial charge on any atom is -0.493 e. The van der Waals surface area contributed by atoms with Crippen molar-refractivity contribution in [2.24, 2.45) is 5.92 Å². The molecule has 1 aliphatic heterocycles. The third-order valence-electron chi connectivity index (χ3n) is 4.67. The summed E-state index contributed by atoms with van der Waals surface area (Å²) in [6, 6.07) is 7.49. The average molecular weight is 378 g/mol. The molecule has 0 unspecified atom stereocenters. The average Bonchev–Trinajstić information content (AvgIpc) is 2.68. The van der Waals surface area contributed by atoms with Crippen LogP contribution in [0.2, 0.25) is 0 Å². The molecule has 0 radical (unpaired) electrons. The van der Waals surface area contributed by atoms with Crippen LogP contribution in [0.3, 0.4) is 0 Å². The van der Waals surface area contributed by atoms with E-state index in [1.54, 1.807) is 7.11 Å². The summed E-state index contributed by atoms with van der Waals surface area (Å²) in [6.45, 7) is 4.85. The van der Waals surface area contributed by atoms with Gasteiger partial charge in [-0.15, -0.1) is 0 Å². The molecule has 0 bridgehead atoms. The van der Waals surface area contributed by atoms with Crippen molar-refractivity contribution in [1.29, 1.82) is 0 Å². The number of benzene rings is 1. The van der Waals surface area contributed by atoms with Crippen molar-refractivity contribution in [2.75, 3.05) is 53.6 Å². The molecule has 1 aliphatic rings. The summed E-state index contributed by atoms with van der Waals surface area (Å²) in [4.78, 5) is 28.0. The van der Waals surface area contributed by atoms with Gasteiger partial charge < -0.3 is 19.1 Å². The van der Waals surface area contributed by atoms with Gasteiger partial charge in [-0.2, -0.15) is 0 Å². The first-order valence-electron chi connectivity index (χ1n) is 9.44. The van der Waals surface area contributed by atoms with E-state index in [1.165, 1.54) is 0 Å². The van der Waals surface area contributed by atoms with E-state index >= 15 is 0 Å². The van der Waals surface area contributed by atoms with Crippen molar-refractivity contribution < 1.29 is 23.8 Å². The topological polar surface area (TPSA) is 68.3 Å². The van der Waals surface area contributed by atoms with Gasteiger partial charge in [-0.25, -0.2) is 0 Å². The Morgan fingerprint density at radius 2 is 1.85 bits per heavy atom. The maximum atomic E-state index is 12.5. The van der Waals surface area contributed by atoms with E-state index in [0.717, 1.165) is 0 Å². The predicted molar refractivity (Wildman–Crippen MR) is 102 cm³/mol. The first-order valence-corrected chi connectivity index (χ1v) is 9.44. The molecule has 150 valence electrons. The normalized spacial score (nSPS) is 14.9. The second kappa shape index (κ2) is 10.8. The first kappa shape index (κ1) is 21.0. The Kier molecular flexibility index (Phi) is 8.39. The van der Waals surface area contributed by atoms with Gasteiger partial charge in [0.05, 0.1) is 26.2 Å². The van der Waals surface area contributed by atoms with Crippen LogP contribution in [0, 0.1) is 5.92 Å². The molecule has 0 saturated carbocycles. The first-order chi connectivity index (χ1) is 13.0. The van der Waals surface area contributed by atoms with E-state index in [9.17, 15) is 9.59 Å². The molecule has 0 aromatic heterocycles. The maximum absolute atomic E-state index is 12.5. The molecule has 1 heterocycles. The molecule has 1 aromatic rings. The van der Waals surface area contributed by atoms with E-state index < -0.39 is 0 Å². The molecule has 0 atom stereocenters. The maximum Gasteiger partial charge on any atom is 0.309 e. The molecule has 7 nitrogen and oxygen atoms in total. The summed E-state index contributed by atoms with van der Waals surface area (Å²) in [5.41, 5.74) is 0. The van der Waals surface area contributed by atoms with E-state index in [0.29, 0.717) is 63.7 Å². The second-order valence-electron chi connectivity index (χ2n) is 6.64. The van der Waals surface area contributed by atoms with Crippen molar-refractivity contribution in [2.45, 2.75) is 19.8 Å². The third kappa shape index (κ3) is 6.43. The summed E-state index contributed by atoms with van der Waals surface area (Å²) < 4.78 is 16.1. The Labute approximate surface area is 161 Å². The van der Waals surface area contributed by atoms with Crippen molar-refractivity contribution in [1.82, 2.24) is 9.80 Å². The fraction of sp³-hybridized carbons (Fsp3) is 0.600. The Bertz CT molecular complexity index is 614. The molecule has 1 fully saturated rings. The summed E-state index contributed by atoms with van der Waals surface area (Å²) >= 11 is 0. The van der Waals surface area contributed by atoms with Crippen LogP contribution in [-0.4, -0.2) is 75.2 Å². The van der Waals surface area contributed by atoms with Gasteiger partial charge in [0.2, 0.25) is 5.91 Å². The van der Waals surface area contributed by atoms with E-state index in [4.69, 9.17) is 14.2 Å². The Balaban J connectivity index is 1.69. The number of hydrogen-bond acceptors (Lipinski definition) is 6. The number of methoxy groups -OCH3 is 1. The molecule has 0 spiro atoms. The number of likely N-dealkylation sites (N-methyl/N-ethyl adjacent to an activating group) is 1. The number of rotatable bonds is 9. The van der Waals surface area contributed by atoms with E-state index in [2.05, 4.69) is 0 Å². The lowest BCUT2D eigenvalue weighted by Gasteiger charge is -2.32. The van der Waals surface area contributed by atoms with Crippen molar-refractivity contribution >= 4 is 11.9 Å². The fourth-order valence-electron chi connectivity index (χ4n) is 3.08. The number of likely N-dealkylation sites (tertiary alicyclic amines) is 1. The minimum atomic E-state index is -0.143. The van der Waals surface area contributed by atoms with Crippen LogP contribution < -0.4 is 9.47 Å². The quantitative estimate of drug-likeness (QED) is 0.611. The van der Waals surface area contributed by atoms with Crippen LogP contribution in [0.15, 0.2) is 24.3 Å². The monoisotopic (exact) mass is 378 g/mol. The highest BCUT2D eigenvalue weighted by Crippen LogP contribution is 2.25. The molecule has 2 rings (SSSR count).